The Bertz CT molecular complexity index is 397. The Labute approximate surface area is 121 Å². The van der Waals surface area contributed by atoms with Crippen molar-refractivity contribution in [1.82, 2.24) is 0 Å². The smallest absolute Gasteiger partial charge is 0.145 e. The van der Waals surface area contributed by atoms with Gasteiger partial charge in [0, 0.05) is 6.61 Å². The molecule has 20 heavy (non-hydrogen) atoms. The molecule has 1 N–H and O–H groups in total. The predicted molar refractivity (Wildman–Crippen MR) is 80.7 cm³/mol. The van der Waals surface area contributed by atoms with Gasteiger partial charge in [0.25, 0.3) is 0 Å². The van der Waals surface area contributed by atoms with Crippen molar-refractivity contribution < 1.29 is 14.7 Å². The van der Waals surface area contributed by atoms with Crippen molar-refractivity contribution in [3.05, 3.63) is 35.9 Å². The van der Waals surface area contributed by atoms with Crippen LogP contribution in [0.5, 0.6) is 0 Å². The van der Waals surface area contributed by atoms with E-state index in [9.17, 15) is 5.11 Å². The summed E-state index contributed by atoms with van der Waals surface area (Å²) >= 11 is 0. The van der Waals surface area contributed by atoms with Crippen molar-refractivity contribution in [1.29, 1.82) is 0 Å². The molecule has 0 aliphatic rings. The van der Waals surface area contributed by atoms with E-state index in [1.165, 1.54) is 0 Å². The van der Waals surface area contributed by atoms with Crippen molar-refractivity contribution in [3.63, 3.8) is 0 Å². The molecule has 0 spiro atoms. The van der Waals surface area contributed by atoms with Gasteiger partial charge in [0.15, 0.2) is 0 Å². The van der Waals surface area contributed by atoms with Crippen LogP contribution in [0.25, 0.3) is 0 Å². The minimum atomic E-state index is -0.866. The van der Waals surface area contributed by atoms with Crippen molar-refractivity contribution in [2.24, 2.45) is 5.16 Å². The highest BCUT2D eigenvalue weighted by Gasteiger charge is 2.20. The minimum Gasteiger partial charge on any atom is -0.393 e. The van der Waals surface area contributed by atoms with E-state index in [1.807, 2.05) is 44.2 Å². The number of oxime groups is 1. The van der Waals surface area contributed by atoms with Crippen LogP contribution in [-0.2, 0) is 16.2 Å². The number of nitrogens with zero attached hydrogens (tertiary/aromatic N) is 1. The van der Waals surface area contributed by atoms with Gasteiger partial charge in [-0.2, -0.15) is 0 Å². The maximum absolute atomic E-state index is 10.1. The highest BCUT2D eigenvalue weighted by atomic mass is 16.6. The lowest BCUT2D eigenvalue weighted by Gasteiger charge is -2.21. The van der Waals surface area contributed by atoms with Crippen LogP contribution in [0, 0.1) is 0 Å². The zero-order valence-electron chi connectivity index (χ0n) is 12.6. The first-order valence-corrected chi connectivity index (χ1v) is 6.97. The summed E-state index contributed by atoms with van der Waals surface area (Å²) < 4.78 is 5.58. The molecule has 1 aromatic rings. The topological polar surface area (TPSA) is 51.0 Å². The summed E-state index contributed by atoms with van der Waals surface area (Å²) in [6.07, 6.45) is 1.41. The van der Waals surface area contributed by atoms with E-state index >= 15 is 0 Å². The molecule has 0 fully saturated rings. The third kappa shape index (κ3) is 7.92. The lowest BCUT2D eigenvalue weighted by molar-refractivity contribution is -0.0428. The van der Waals surface area contributed by atoms with Gasteiger partial charge in [0.2, 0.25) is 0 Å². The second-order valence-electron chi connectivity index (χ2n) is 5.45. The molecule has 0 saturated heterocycles. The van der Waals surface area contributed by atoms with Crippen LogP contribution >= 0.6 is 0 Å². The molecule has 0 radical (unpaired) electrons. The summed E-state index contributed by atoms with van der Waals surface area (Å²) in [6, 6.07) is 10.1. The molecule has 1 rings (SSSR count). The third-order valence-electron chi connectivity index (χ3n) is 2.74. The Morgan fingerprint density at radius 2 is 1.95 bits per heavy atom. The molecule has 0 aliphatic carbocycles. The third-order valence-corrected chi connectivity index (χ3v) is 2.74. The molecule has 1 aromatic carbocycles. The van der Waals surface area contributed by atoms with E-state index < -0.39 is 5.60 Å². The van der Waals surface area contributed by atoms with E-state index in [-0.39, 0.29) is 6.61 Å². The molecule has 4 nitrogen and oxygen atoms in total. The molecular formula is C16H25NO3. The Hall–Kier alpha value is -1.39. The number of hydrogen-bond acceptors (Lipinski definition) is 4. The zero-order chi connectivity index (χ0) is 14.8. The summed E-state index contributed by atoms with van der Waals surface area (Å²) in [4.78, 5) is 5.08. The highest BCUT2D eigenvalue weighted by Crippen LogP contribution is 2.13. The fraction of sp³-hybridized carbons (Fsp3) is 0.562. The quantitative estimate of drug-likeness (QED) is 0.429. The predicted octanol–water partition coefficient (Wildman–Crippen LogP) is 3.15. The molecule has 0 aliphatic heterocycles. The van der Waals surface area contributed by atoms with Crippen LogP contribution in [0.2, 0.25) is 0 Å². The van der Waals surface area contributed by atoms with Crippen LogP contribution in [0.15, 0.2) is 35.5 Å². The fourth-order valence-electron chi connectivity index (χ4n) is 1.69. The Balaban J connectivity index is 2.12. The number of aliphatic hydroxyl groups is 1. The normalized spacial score (nSPS) is 13.6. The first-order chi connectivity index (χ1) is 9.49. The van der Waals surface area contributed by atoms with Crippen molar-refractivity contribution in [2.75, 3.05) is 13.2 Å². The van der Waals surface area contributed by atoms with Gasteiger partial charge in [-0.15, -0.1) is 0 Å². The van der Waals surface area contributed by atoms with Gasteiger partial charge in [-0.3, -0.25) is 0 Å². The van der Waals surface area contributed by atoms with Crippen molar-refractivity contribution in [3.8, 4) is 0 Å². The molecule has 0 bridgehead atoms. The van der Waals surface area contributed by atoms with Crippen LogP contribution in [0.3, 0.4) is 0 Å². The number of ether oxygens (including phenoxy) is 1. The number of hydrogen-bond donors (Lipinski definition) is 1. The Morgan fingerprint density at radius 3 is 2.60 bits per heavy atom. The average molecular weight is 279 g/mol. The summed E-state index contributed by atoms with van der Waals surface area (Å²) in [5.41, 5.74) is 1.14. The molecule has 4 heteroatoms. The van der Waals surface area contributed by atoms with E-state index in [2.05, 4.69) is 5.16 Å². The second kappa shape index (κ2) is 8.72. The van der Waals surface area contributed by atoms with Crippen LogP contribution in [0.4, 0.5) is 0 Å². The van der Waals surface area contributed by atoms with Gasteiger partial charge < -0.3 is 14.7 Å². The molecule has 0 amide bonds. The largest absolute Gasteiger partial charge is 0.393 e. The fourth-order valence-corrected chi connectivity index (χ4v) is 1.69. The Kier molecular flexibility index (Phi) is 7.26. The maximum Gasteiger partial charge on any atom is 0.145 e. The summed E-state index contributed by atoms with van der Waals surface area (Å²) in [7, 11) is 0. The summed E-state index contributed by atoms with van der Waals surface area (Å²) in [5, 5.41) is 13.9. The van der Waals surface area contributed by atoms with E-state index in [4.69, 9.17) is 9.57 Å². The van der Waals surface area contributed by atoms with Crippen molar-refractivity contribution in [2.45, 2.75) is 45.8 Å². The van der Waals surface area contributed by atoms with Gasteiger partial charge in [-0.05, 0) is 39.2 Å². The van der Waals surface area contributed by atoms with Crippen LogP contribution < -0.4 is 0 Å². The standard InChI is InChI=1S/C16H25NO3/c1-14(2)17-20-13-16(3,18)10-7-11-19-12-15-8-5-4-6-9-15/h4-6,8-9,18H,7,10-13H2,1-3H3/t16-/m0/s1. The van der Waals surface area contributed by atoms with Gasteiger partial charge in [-0.1, -0.05) is 35.5 Å². The lowest BCUT2D eigenvalue weighted by Crippen LogP contribution is -2.30. The molecule has 0 heterocycles. The van der Waals surface area contributed by atoms with E-state index in [1.54, 1.807) is 6.92 Å². The number of benzene rings is 1. The highest BCUT2D eigenvalue weighted by molar-refractivity contribution is 5.78. The van der Waals surface area contributed by atoms with Gasteiger partial charge in [0.05, 0.1) is 17.9 Å². The molecule has 0 aromatic heterocycles. The van der Waals surface area contributed by atoms with Gasteiger partial charge in [0.1, 0.15) is 6.61 Å². The van der Waals surface area contributed by atoms with Crippen LogP contribution in [-0.4, -0.2) is 29.6 Å². The second-order valence-corrected chi connectivity index (χ2v) is 5.45. The van der Waals surface area contributed by atoms with Gasteiger partial charge in [-0.25, -0.2) is 0 Å². The maximum atomic E-state index is 10.1. The lowest BCUT2D eigenvalue weighted by atomic mass is 10.0. The van der Waals surface area contributed by atoms with Gasteiger partial charge >= 0.3 is 0 Å². The molecule has 112 valence electrons. The monoisotopic (exact) mass is 279 g/mol. The first kappa shape index (κ1) is 16.7. The SMILES string of the molecule is CC(C)=NOC[C@@](C)(O)CCCOCc1ccccc1. The molecular weight excluding hydrogens is 254 g/mol. The van der Waals surface area contributed by atoms with Crippen molar-refractivity contribution >= 4 is 5.71 Å². The summed E-state index contributed by atoms with van der Waals surface area (Å²) in [5.74, 6) is 0. The molecule has 0 saturated carbocycles. The molecule has 1 atom stereocenters. The molecule has 0 unspecified atom stereocenters. The summed E-state index contributed by atoms with van der Waals surface area (Å²) in [6.45, 7) is 6.90. The minimum absolute atomic E-state index is 0.205. The van der Waals surface area contributed by atoms with E-state index in [0.717, 1.165) is 17.7 Å². The first-order valence-electron chi connectivity index (χ1n) is 6.97. The van der Waals surface area contributed by atoms with Crippen LogP contribution in [0.1, 0.15) is 39.2 Å². The average Bonchev–Trinajstić information content (AvgIpc) is 2.38. The number of rotatable bonds is 9. The zero-order valence-corrected chi connectivity index (χ0v) is 12.6. The Morgan fingerprint density at radius 1 is 1.25 bits per heavy atom. The van der Waals surface area contributed by atoms with E-state index in [0.29, 0.717) is 19.6 Å².